The maximum absolute atomic E-state index is 12.9. The molecule has 1 aliphatic heterocycles. The number of hydrazone groups is 1. The average molecular weight is 398 g/mol. The minimum atomic E-state index is -0.722. The standard InChI is InChI=1S/C25H23N3O2/c1-17-9-8-14-20(15-17)24(29)26-22-23(19-11-4-3-5-12-19)28(27-25(22)30)16-21-13-7-6-10-18(21)2/h3-16,22-23H,1-2H3,(H-,26,27,29,30)/p+1/b28-16-/t22-,23+/m0/s1. The number of hydrogen-bond acceptors (Lipinski definition) is 2. The van der Waals surface area contributed by atoms with Gasteiger partial charge in [-0.3, -0.25) is 9.59 Å². The first kappa shape index (κ1) is 19.6. The van der Waals surface area contributed by atoms with Crippen LogP contribution in [0.15, 0.2) is 78.9 Å². The summed E-state index contributed by atoms with van der Waals surface area (Å²) in [6, 6.07) is 24.0. The highest BCUT2D eigenvalue weighted by Crippen LogP contribution is 2.25. The van der Waals surface area contributed by atoms with Gasteiger partial charge in [0.1, 0.15) is 0 Å². The molecule has 0 unspecified atom stereocenters. The summed E-state index contributed by atoms with van der Waals surface area (Å²) in [5.41, 5.74) is 7.50. The highest BCUT2D eigenvalue weighted by molar-refractivity contribution is 5.98. The van der Waals surface area contributed by atoms with Crippen LogP contribution in [0.4, 0.5) is 0 Å². The summed E-state index contributed by atoms with van der Waals surface area (Å²) >= 11 is 0. The zero-order valence-electron chi connectivity index (χ0n) is 17.0. The van der Waals surface area contributed by atoms with Crippen molar-refractivity contribution in [3.63, 3.8) is 0 Å². The Bertz CT molecular complexity index is 1120. The van der Waals surface area contributed by atoms with Crippen LogP contribution in [0, 0.1) is 13.8 Å². The van der Waals surface area contributed by atoms with E-state index in [-0.39, 0.29) is 17.9 Å². The monoisotopic (exact) mass is 398 g/mol. The average Bonchev–Trinajstić information content (AvgIpc) is 3.05. The molecule has 150 valence electrons. The summed E-state index contributed by atoms with van der Waals surface area (Å²) in [4.78, 5) is 25.8. The fraction of sp³-hybridized carbons (Fsp3) is 0.160. The van der Waals surface area contributed by atoms with E-state index in [0.29, 0.717) is 5.56 Å². The molecule has 0 spiro atoms. The normalized spacial score (nSPS) is 19.5. The first-order valence-corrected chi connectivity index (χ1v) is 9.95. The Morgan fingerprint density at radius 2 is 1.70 bits per heavy atom. The van der Waals surface area contributed by atoms with E-state index in [0.717, 1.165) is 22.3 Å². The highest BCUT2D eigenvalue weighted by Gasteiger charge is 2.47. The van der Waals surface area contributed by atoms with Crippen molar-refractivity contribution in [1.82, 2.24) is 10.7 Å². The number of hydrazine groups is 1. The van der Waals surface area contributed by atoms with Crippen LogP contribution in [0.25, 0.3) is 0 Å². The number of benzene rings is 3. The van der Waals surface area contributed by atoms with Crippen LogP contribution >= 0.6 is 0 Å². The first-order valence-electron chi connectivity index (χ1n) is 9.95. The van der Waals surface area contributed by atoms with Crippen LogP contribution in [0.3, 0.4) is 0 Å². The third-order valence-electron chi connectivity index (χ3n) is 5.31. The molecule has 5 nitrogen and oxygen atoms in total. The summed E-state index contributed by atoms with van der Waals surface area (Å²) in [6.45, 7) is 3.96. The lowest BCUT2D eigenvalue weighted by atomic mass is 9.99. The molecular formula is C25H24N3O2+. The van der Waals surface area contributed by atoms with Crippen molar-refractivity contribution in [2.75, 3.05) is 0 Å². The molecule has 2 amide bonds. The third kappa shape index (κ3) is 4.01. The van der Waals surface area contributed by atoms with E-state index >= 15 is 0 Å². The van der Waals surface area contributed by atoms with E-state index in [1.165, 1.54) is 0 Å². The van der Waals surface area contributed by atoms with Crippen molar-refractivity contribution in [1.29, 1.82) is 0 Å². The zero-order valence-corrected chi connectivity index (χ0v) is 17.0. The van der Waals surface area contributed by atoms with E-state index in [9.17, 15) is 9.59 Å². The van der Waals surface area contributed by atoms with Crippen molar-refractivity contribution in [3.05, 3.63) is 107 Å². The van der Waals surface area contributed by atoms with Gasteiger partial charge in [-0.15, -0.1) is 10.1 Å². The fourth-order valence-electron chi connectivity index (χ4n) is 3.72. The van der Waals surface area contributed by atoms with Gasteiger partial charge in [-0.2, -0.15) is 0 Å². The summed E-state index contributed by atoms with van der Waals surface area (Å²) in [7, 11) is 0. The van der Waals surface area contributed by atoms with E-state index in [1.807, 2.05) is 92.9 Å². The molecule has 1 saturated heterocycles. The summed E-state index contributed by atoms with van der Waals surface area (Å²) in [6.07, 6.45) is 1.92. The number of nitrogens with one attached hydrogen (secondary N) is 2. The number of carbonyl (C=O) groups excluding carboxylic acids is 2. The predicted octanol–water partition coefficient (Wildman–Crippen LogP) is 3.32. The van der Waals surface area contributed by atoms with Gasteiger partial charge in [0.25, 0.3) is 5.91 Å². The number of nitrogens with zero attached hydrogens (tertiary/aromatic N) is 1. The second kappa shape index (κ2) is 8.33. The third-order valence-corrected chi connectivity index (χ3v) is 5.31. The van der Waals surface area contributed by atoms with Gasteiger partial charge in [0, 0.05) is 16.7 Å². The van der Waals surface area contributed by atoms with E-state index in [4.69, 9.17) is 0 Å². The largest absolute Gasteiger partial charge is 0.334 e. The number of amides is 2. The van der Waals surface area contributed by atoms with E-state index in [2.05, 4.69) is 10.7 Å². The minimum absolute atomic E-state index is 0.241. The molecule has 0 radical (unpaired) electrons. The molecule has 30 heavy (non-hydrogen) atoms. The van der Waals surface area contributed by atoms with Gasteiger partial charge in [-0.1, -0.05) is 66.2 Å². The Labute approximate surface area is 176 Å². The molecule has 0 saturated carbocycles. The molecule has 5 heteroatoms. The van der Waals surface area contributed by atoms with Crippen molar-refractivity contribution < 1.29 is 14.3 Å². The van der Waals surface area contributed by atoms with E-state index < -0.39 is 6.04 Å². The summed E-state index contributed by atoms with van der Waals surface area (Å²) < 4.78 is 1.79. The smallest absolute Gasteiger partial charge is 0.304 e. The molecule has 3 aromatic rings. The maximum Gasteiger partial charge on any atom is 0.304 e. The van der Waals surface area contributed by atoms with Gasteiger partial charge >= 0.3 is 5.91 Å². The van der Waals surface area contributed by atoms with Crippen LogP contribution in [-0.2, 0) is 4.79 Å². The van der Waals surface area contributed by atoms with Gasteiger partial charge in [-0.05, 0) is 37.6 Å². The van der Waals surface area contributed by atoms with Crippen LogP contribution < -0.4 is 10.7 Å². The van der Waals surface area contributed by atoms with Gasteiger partial charge in [0.05, 0.1) is 0 Å². The molecule has 1 fully saturated rings. The molecule has 2 N–H and O–H groups in total. The fourth-order valence-corrected chi connectivity index (χ4v) is 3.72. The van der Waals surface area contributed by atoms with Crippen LogP contribution in [-0.4, -0.2) is 28.8 Å². The van der Waals surface area contributed by atoms with Gasteiger partial charge in [0.15, 0.2) is 6.04 Å². The first-order chi connectivity index (χ1) is 14.5. The Hall–Kier alpha value is -3.73. The highest BCUT2D eigenvalue weighted by atomic mass is 16.2. The second-order valence-electron chi connectivity index (χ2n) is 7.55. The van der Waals surface area contributed by atoms with Crippen molar-refractivity contribution in [2.45, 2.75) is 25.9 Å². The predicted molar refractivity (Wildman–Crippen MR) is 116 cm³/mol. The van der Waals surface area contributed by atoms with Crippen LogP contribution in [0.1, 0.15) is 38.7 Å². The van der Waals surface area contributed by atoms with Gasteiger partial charge < -0.3 is 5.32 Å². The van der Waals surface area contributed by atoms with Crippen molar-refractivity contribution >= 4 is 18.0 Å². The van der Waals surface area contributed by atoms with Gasteiger partial charge in [0.2, 0.25) is 12.3 Å². The van der Waals surface area contributed by atoms with Crippen molar-refractivity contribution in [2.24, 2.45) is 0 Å². The Kier molecular flexibility index (Phi) is 5.44. The maximum atomic E-state index is 12.9. The van der Waals surface area contributed by atoms with Crippen LogP contribution in [0.5, 0.6) is 0 Å². The molecular weight excluding hydrogens is 374 g/mol. The lowest BCUT2D eigenvalue weighted by Gasteiger charge is -2.15. The molecule has 1 heterocycles. The molecule has 0 aromatic heterocycles. The summed E-state index contributed by atoms with van der Waals surface area (Å²) in [5, 5.41) is 2.94. The molecule has 0 bridgehead atoms. The Morgan fingerprint density at radius 3 is 2.43 bits per heavy atom. The molecule has 2 atom stereocenters. The molecule has 1 aliphatic rings. The molecule has 3 aromatic carbocycles. The number of aryl methyl sites for hydroxylation is 2. The quantitative estimate of drug-likeness (QED) is 0.663. The zero-order chi connectivity index (χ0) is 21.1. The minimum Gasteiger partial charge on any atom is -0.334 e. The lowest BCUT2D eigenvalue weighted by Crippen LogP contribution is -2.42. The lowest BCUT2D eigenvalue weighted by molar-refractivity contribution is -0.596. The second-order valence-corrected chi connectivity index (χ2v) is 7.55. The number of rotatable bonds is 4. The Morgan fingerprint density at radius 1 is 0.967 bits per heavy atom. The topological polar surface area (TPSA) is 61.2 Å². The van der Waals surface area contributed by atoms with Crippen molar-refractivity contribution in [3.8, 4) is 0 Å². The number of hydrogen-bond donors (Lipinski definition) is 2. The molecule has 0 aliphatic carbocycles. The van der Waals surface area contributed by atoms with Crippen LogP contribution in [0.2, 0.25) is 0 Å². The van der Waals surface area contributed by atoms with E-state index in [1.54, 1.807) is 10.8 Å². The van der Waals surface area contributed by atoms with Gasteiger partial charge in [-0.25, -0.2) is 0 Å². The molecule has 4 rings (SSSR count). The number of carbonyl (C=O) groups is 2. The SMILES string of the molecule is Cc1cccc(C(=O)N[C@@H]2C(=O)N/[N+](=C\c3ccccc3C)[C@@H]2c2ccccc2)c1. The Balaban J connectivity index is 1.71. The summed E-state index contributed by atoms with van der Waals surface area (Å²) in [5.74, 6) is -0.507.